The van der Waals surface area contributed by atoms with Gasteiger partial charge >= 0.3 is 0 Å². The molecule has 0 aliphatic rings. The number of benzene rings is 2. The van der Waals surface area contributed by atoms with Gasteiger partial charge in [0.15, 0.2) is 5.82 Å². The van der Waals surface area contributed by atoms with Crippen molar-refractivity contribution in [2.75, 3.05) is 16.9 Å². The number of amides is 1. The number of nitrogens with zero attached hydrogens (tertiary/aromatic N) is 3. The molecule has 0 spiro atoms. The number of rotatable bonds is 8. The van der Waals surface area contributed by atoms with Crippen molar-refractivity contribution in [3.8, 4) is 5.75 Å². The molecular formula is C21H25N5O2S. The molecule has 2 aromatic carbocycles. The Morgan fingerprint density at radius 3 is 2.48 bits per heavy atom. The van der Waals surface area contributed by atoms with Gasteiger partial charge in [0, 0.05) is 5.69 Å². The Bertz CT molecular complexity index is 952. The second kappa shape index (κ2) is 9.47. The molecule has 152 valence electrons. The van der Waals surface area contributed by atoms with E-state index in [-0.39, 0.29) is 18.3 Å². The molecule has 1 aromatic heterocycles. The number of hydrogen-bond acceptors (Lipinski definition) is 6. The summed E-state index contributed by atoms with van der Waals surface area (Å²) in [6.07, 6.45) is 0. The van der Waals surface area contributed by atoms with Gasteiger partial charge in [-0.2, -0.15) is 0 Å². The molecule has 7 nitrogen and oxygen atoms in total. The number of thioether (sulfide) groups is 1. The average Bonchev–Trinajstić information content (AvgIpc) is 3.06. The second-order valence-corrected chi connectivity index (χ2v) is 7.93. The Morgan fingerprint density at radius 1 is 1.14 bits per heavy atom. The lowest BCUT2D eigenvalue weighted by Gasteiger charge is -2.09. The lowest BCUT2D eigenvalue weighted by molar-refractivity contribution is -0.113. The summed E-state index contributed by atoms with van der Waals surface area (Å²) in [5.74, 6) is 7.79. The van der Waals surface area contributed by atoms with Gasteiger partial charge in [0.25, 0.3) is 0 Å². The molecule has 3 rings (SSSR count). The highest BCUT2D eigenvalue weighted by molar-refractivity contribution is 7.99. The van der Waals surface area contributed by atoms with Crippen LogP contribution in [0.1, 0.15) is 36.7 Å². The average molecular weight is 412 g/mol. The summed E-state index contributed by atoms with van der Waals surface area (Å²) in [6.45, 7) is 6.48. The normalized spacial score (nSPS) is 10.9. The zero-order chi connectivity index (χ0) is 20.8. The minimum atomic E-state index is -0.134. The van der Waals surface area contributed by atoms with Gasteiger partial charge in [-0.1, -0.05) is 55.4 Å². The SMILES string of the molecule is Cc1ccc(NC(=O)CSc2nnc(COc3ccc(C(C)C)cc3)n2N)cc1. The van der Waals surface area contributed by atoms with Crippen molar-refractivity contribution < 1.29 is 9.53 Å². The van der Waals surface area contributed by atoms with E-state index >= 15 is 0 Å². The fraction of sp³-hybridized carbons (Fsp3) is 0.286. The molecule has 0 bridgehead atoms. The van der Waals surface area contributed by atoms with Crippen LogP contribution in [0.25, 0.3) is 0 Å². The second-order valence-electron chi connectivity index (χ2n) is 6.98. The number of aryl methyl sites for hydroxylation is 1. The number of nitrogen functional groups attached to an aromatic ring is 1. The Kier molecular flexibility index (Phi) is 6.77. The third-order valence-corrected chi connectivity index (χ3v) is 5.26. The molecular weight excluding hydrogens is 386 g/mol. The summed E-state index contributed by atoms with van der Waals surface area (Å²) in [4.78, 5) is 12.1. The Morgan fingerprint density at radius 2 is 1.83 bits per heavy atom. The highest BCUT2D eigenvalue weighted by atomic mass is 32.2. The van der Waals surface area contributed by atoms with E-state index in [1.54, 1.807) is 0 Å². The van der Waals surface area contributed by atoms with E-state index in [0.29, 0.717) is 16.9 Å². The number of carbonyl (C=O) groups is 1. The molecule has 3 aromatic rings. The number of hydrogen-bond donors (Lipinski definition) is 2. The quantitative estimate of drug-likeness (QED) is 0.433. The zero-order valence-corrected chi connectivity index (χ0v) is 17.6. The third kappa shape index (κ3) is 5.74. The van der Waals surface area contributed by atoms with Crippen molar-refractivity contribution in [1.82, 2.24) is 14.9 Å². The van der Waals surface area contributed by atoms with Crippen LogP contribution in [0.5, 0.6) is 5.75 Å². The van der Waals surface area contributed by atoms with Crippen LogP contribution in [-0.2, 0) is 11.4 Å². The van der Waals surface area contributed by atoms with Crippen LogP contribution in [0.3, 0.4) is 0 Å². The highest BCUT2D eigenvalue weighted by Crippen LogP contribution is 2.20. The van der Waals surface area contributed by atoms with Crippen LogP contribution in [0, 0.1) is 6.92 Å². The number of aromatic nitrogens is 3. The van der Waals surface area contributed by atoms with Crippen molar-refractivity contribution in [1.29, 1.82) is 0 Å². The summed E-state index contributed by atoms with van der Waals surface area (Å²) in [6, 6.07) is 15.6. The third-order valence-electron chi connectivity index (χ3n) is 4.32. The molecule has 0 saturated carbocycles. The van der Waals surface area contributed by atoms with Crippen molar-refractivity contribution >= 4 is 23.4 Å². The van der Waals surface area contributed by atoms with E-state index in [0.717, 1.165) is 17.0 Å². The molecule has 0 radical (unpaired) electrons. The minimum Gasteiger partial charge on any atom is -0.486 e. The van der Waals surface area contributed by atoms with E-state index < -0.39 is 0 Å². The zero-order valence-electron chi connectivity index (χ0n) is 16.8. The topological polar surface area (TPSA) is 95.1 Å². The van der Waals surface area contributed by atoms with Gasteiger partial charge in [0.2, 0.25) is 11.1 Å². The number of anilines is 1. The Labute approximate surface area is 174 Å². The molecule has 0 atom stereocenters. The van der Waals surface area contributed by atoms with E-state index in [2.05, 4.69) is 29.4 Å². The lowest BCUT2D eigenvalue weighted by Crippen LogP contribution is -2.18. The maximum absolute atomic E-state index is 12.1. The molecule has 0 fully saturated rings. The fourth-order valence-corrected chi connectivity index (χ4v) is 3.24. The van der Waals surface area contributed by atoms with Crippen molar-refractivity contribution in [3.63, 3.8) is 0 Å². The molecule has 3 N–H and O–H groups in total. The number of nitrogens with two attached hydrogens (primary N) is 1. The summed E-state index contributed by atoms with van der Waals surface area (Å²) in [7, 11) is 0. The van der Waals surface area contributed by atoms with Crippen LogP contribution in [0.15, 0.2) is 53.7 Å². The maximum atomic E-state index is 12.1. The molecule has 0 aliphatic carbocycles. The standard InChI is InChI=1S/C21H25N5O2S/c1-14(2)16-6-10-18(11-7-16)28-12-19-24-25-21(26(19)22)29-13-20(27)23-17-8-4-15(3)5-9-17/h4-11,14H,12-13,22H2,1-3H3,(H,23,27). The molecule has 1 amide bonds. The van der Waals surface area contributed by atoms with E-state index in [1.165, 1.54) is 22.0 Å². The van der Waals surface area contributed by atoms with Gasteiger partial charge in [-0.25, -0.2) is 4.68 Å². The molecule has 8 heteroatoms. The molecule has 0 saturated heterocycles. The van der Waals surface area contributed by atoms with E-state index in [4.69, 9.17) is 10.6 Å². The largest absolute Gasteiger partial charge is 0.486 e. The Hall–Kier alpha value is -3.00. The van der Waals surface area contributed by atoms with Gasteiger partial charge < -0.3 is 15.9 Å². The van der Waals surface area contributed by atoms with E-state index in [1.807, 2.05) is 55.5 Å². The predicted molar refractivity (Wildman–Crippen MR) is 116 cm³/mol. The molecule has 0 aliphatic heterocycles. The Balaban J connectivity index is 1.50. The smallest absolute Gasteiger partial charge is 0.234 e. The van der Waals surface area contributed by atoms with Crippen LogP contribution >= 0.6 is 11.8 Å². The fourth-order valence-electron chi connectivity index (χ4n) is 2.56. The number of carbonyl (C=O) groups excluding carboxylic acids is 1. The first-order valence-corrected chi connectivity index (χ1v) is 10.3. The highest BCUT2D eigenvalue weighted by Gasteiger charge is 2.13. The molecule has 29 heavy (non-hydrogen) atoms. The van der Waals surface area contributed by atoms with Crippen LogP contribution in [0.2, 0.25) is 0 Å². The monoisotopic (exact) mass is 411 g/mol. The molecule has 1 heterocycles. The molecule has 0 unspecified atom stereocenters. The summed E-state index contributed by atoms with van der Waals surface area (Å²) >= 11 is 1.22. The van der Waals surface area contributed by atoms with Crippen molar-refractivity contribution in [2.45, 2.75) is 38.5 Å². The van der Waals surface area contributed by atoms with Crippen LogP contribution in [0.4, 0.5) is 5.69 Å². The summed E-state index contributed by atoms with van der Waals surface area (Å²) < 4.78 is 7.10. The lowest BCUT2D eigenvalue weighted by atomic mass is 10.0. The first-order chi connectivity index (χ1) is 13.9. The van der Waals surface area contributed by atoms with Gasteiger partial charge in [-0.3, -0.25) is 4.79 Å². The first kappa shape index (κ1) is 20.7. The first-order valence-electron chi connectivity index (χ1n) is 9.34. The summed E-state index contributed by atoms with van der Waals surface area (Å²) in [5, 5.41) is 11.4. The minimum absolute atomic E-state index is 0.134. The van der Waals surface area contributed by atoms with E-state index in [9.17, 15) is 4.79 Å². The van der Waals surface area contributed by atoms with Gasteiger partial charge in [0.1, 0.15) is 12.4 Å². The number of nitrogens with one attached hydrogen (secondary N) is 1. The number of ether oxygens (including phenoxy) is 1. The van der Waals surface area contributed by atoms with Crippen LogP contribution in [-0.4, -0.2) is 26.5 Å². The van der Waals surface area contributed by atoms with Gasteiger partial charge in [-0.05, 0) is 42.7 Å². The van der Waals surface area contributed by atoms with Crippen molar-refractivity contribution in [3.05, 3.63) is 65.5 Å². The summed E-state index contributed by atoms with van der Waals surface area (Å²) in [5.41, 5.74) is 3.15. The van der Waals surface area contributed by atoms with Crippen molar-refractivity contribution in [2.24, 2.45) is 0 Å². The van der Waals surface area contributed by atoms with Gasteiger partial charge in [-0.15, -0.1) is 10.2 Å². The van der Waals surface area contributed by atoms with Crippen LogP contribution < -0.4 is 15.9 Å². The maximum Gasteiger partial charge on any atom is 0.234 e. The van der Waals surface area contributed by atoms with Gasteiger partial charge in [0.05, 0.1) is 5.75 Å². The predicted octanol–water partition coefficient (Wildman–Crippen LogP) is 3.73.